The van der Waals surface area contributed by atoms with Gasteiger partial charge in [0.1, 0.15) is 0 Å². The SMILES string of the molecule is COc1ccc(/C=N/Nc2ccccc2)cc1[N+](=O)[O-]. The Hall–Kier alpha value is -2.89. The first-order valence-corrected chi connectivity index (χ1v) is 5.87. The summed E-state index contributed by atoms with van der Waals surface area (Å²) >= 11 is 0. The standard InChI is InChI=1S/C14H13N3O3/c1-20-14-8-7-11(9-13(14)17(18)19)10-15-16-12-5-3-2-4-6-12/h2-10,16H,1H3/b15-10+. The monoisotopic (exact) mass is 271 g/mol. The van der Waals surface area contributed by atoms with Gasteiger partial charge in [0, 0.05) is 11.6 Å². The number of methoxy groups -OCH3 is 1. The van der Waals surface area contributed by atoms with Gasteiger partial charge in [-0.3, -0.25) is 15.5 Å². The average Bonchev–Trinajstić information content (AvgIpc) is 2.48. The van der Waals surface area contributed by atoms with Crippen LogP contribution >= 0.6 is 0 Å². The summed E-state index contributed by atoms with van der Waals surface area (Å²) < 4.78 is 4.93. The van der Waals surface area contributed by atoms with Crippen LogP contribution < -0.4 is 10.2 Å². The molecule has 0 bridgehead atoms. The molecule has 0 aliphatic rings. The highest BCUT2D eigenvalue weighted by Crippen LogP contribution is 2.26. The van der Waals surface area contributed by atoms with Gasteiger partial charge in [0.05, 0.1) is 23.9 Å². The van der Waals surface area contributed by atoms with Crippen LogP contribution in [0.15, 0.2) is 53.6 Å². The van der Waals surface area contributed by atoms with E-state index in [0.29, 0.717) is 5.56 Å². The molecule has 0 unspecified atom stereocenters. The topological polar surface area (TPSA) is 76.8 Å². The van der Waals surface area contributed by atoms with Crippen molar-refractivity contribution in [3.63, 3.8) is 0 Å². The van der Waals surface area contributed by atoms with E-state index < -0.39 is 4.92 Å². The predicted octanol–water partition coefficient (Wildman–Crippen LogP) is 3.05. The number of nitrogens with zero attached hydrogens (tertiary/aromatic N) is 2. The van der Waals surface area contributed by atoms with Crippen LogP contribution in [0, 0.1) is 10.1 Å². The van der Waals surface area contributed by atoms with Gasteiger partial charge >= 0.3 is 5.69 Å². The van der Waals surface area contributed by atoms with Crippen molar-refractivity contribution in [1.29, 1.82) is 0 Å². The minimum absolute atomic E-state index is 0.0869. The van der Waals surface area contributed by atoms with Gasteiger partial charge in [-0.05, 0) is 24.3 Å². The Morgan fingerprint density at radius 2 is 2.00 bits per heavy atom. The molecule has 2 aromatic carbocycles. The molecule has 6 heteroatoms. The zero-order valence-corrected chi connectivity index (χ0v) is 10.8. The average molecular weight is 271 g/mol. The Kier molecular flexibility index (Phi) is 4.28. The van der Waals surface area contributed by atoms with Crippen LogP contribution in [0.2, 0.25) is 0 Å². The molecule has 0 spiro atoms. The molecule has 0 radical (unpaired) electrons. The third kappa shape index (κ3) is 3.32. The molecule has 0 atom stereocenters. The molecule has 0 aliphatic carbocycles. The first kappa shape index (κ1) is 13.5. The second kappa shape index (κ2) is 6.33. The van der Waals surface area contributed by atoms with Crippen LogP contribution in [0.5, 0.6) is 5.75 Å². The lowest BCUT2D eigenvalue weighted by molar-refractivity contribution is -0.385. The summed E-state index contributed by atoms with van der Waals surface area (Å²) in [7, 11) is 1.40. The summed E-state index contributed by atoms with van der Waals surface area (Å²) in [6, 6.07) is 14.1. The summed E-state index contributed by atoms with van der Waals surface area (Å²) in [6.45, 7) is 0. The molecular formula is C14H13N3O3. The highest BCUT2D eigenvalue weighted by atomic mass is 16.6. The summed E-state index contributed by atoms with van der Waals surface area (Å²) in [5.74, 6) is 0.225. The lowest BCUT2D eigenvalue weighted by atomic mass is 10.2. The minimum Gasteiger partial charge on any atom is -0.490 e. The number of nitro groups is 1. The van der Waals surface area contributed by atoms with Crippen molar-refractivity contribution in [2.45, 2.75) is 0 Å². The van der Waals surface area contributed by atoms with E-state index in [-0.39, 0.29) is 11.4 Å². The van der Waals surface area contributed by atoms with Gasteiger partial charge < -0.3 is 4.74 Å². The molecule has 0 fully saturated rings. The summed E-state index contributed by atoms with van der Waals surface area (Å²) in [5.41, 5.74) is 4.20. The molecule has 1 N–H and O–H groups in total. The Bertz CT molecular complexity index is 627. The number of nitro benzene ring substituents is 1. The summed E-state index contributed by atoms with van der Waals surface area (Å²) in [5, 5.41) is 14.9. The number of para-hydroxylation sites is 1. The number of ether oxygens (including phenoxy) is 1. The number of hydrogen-bond donors (Lipinski definition) is 1. The van der Waals surface area contributed by atoms with E-state index in [1.807, 2.05) is 30.3 Å². The number of hydrazone groups is 1. The van der Waals surface area contributed by atoms with Gasteiger partial charge in [-0.2, -0.15) is 5.10 Å². The molecule has 102 valence electrons. The molecule has 0 amide bonds. The van der Waals surface area contributed by atoms with Crippen LogP contribution in [0.3, 0.4) is 0 Å². The van der Waals surface area contributed by atoms with E-state index in [9.17, 15) is 10.1 Å². The summed E-state index contributed by atoms with van der Waals surface area (Å²) in [6.07, 6.45) is 1.51. The van der Waals surface area contributed by atoms with Crippen molar-refractivity contribution in [3.8, 4) is 5.75 Å². The number of hydrogen-bond acceptors (Lipinski definition) is 5. The Morgan fingerprint density at radius 1 is 1.25 bits per heavy atom. The molecule has 0 heterocycles. The number of nitrogens with one attached hydrogen (secondary N) is 1. The fraction of sp³-hybridized carbons (Fsp3) is 0.0714. The number of rotatable bonds is 5. The van der Waals surface area contributed by atoms with Crippen LogP contribution in [0.4, 0.5) is 11.4 Å². The highest BCUT2D eigenvalue weighted by molar-refractivity contribution is 5.82. The third-order valence-corrected chi connectivity index (χ3v) is 2.58. The van der Waals surface area contributed by atoms with Crippen LogP contribution in [0.1, 0.15) is 5.56 Å². The van der Waals surface area contributed by atoms with Crippen molar-refractivity contribution >= 4 is 17.6 Å². The molecule has 6 nitrogen and oxygen atoms in total. The van der Waals surface area contributed by atoms with Gasteiger partial charge in [-0.1, -0.05) is 18.2 Å². The first-order valence-electron chi connectivity index (χ1n) is 5.87. The van der Waals surface area contributed by atoms with Gasteiger partial charge in [-0.15, -0.1) is 0 Å². The lowest BCUT2D eigenvalue weighted by Crippen LogP contribution is -1.96. The molecule has 0 saturated heterocycles. The minimum atomic E-state index is -0.485. The smallest absolute Gasteiger partial charge is 0.311 e. The van der Waals surface area contributed by atoms with Gasteiger partial charge in [0.25, 0.3) is 0 Å². The van der Waals surface area contributed by atoms with E-state index in [1.165, 1.54) is 19.4 Å². The van der Waals surface area contributed by atoms with Crippen LogP contribution in [0.25, 0.3) is 0 Å². The number of benzene rings is 2. The first-order chi connectivity index (χ1) is 9.70. The normalized spacial score (nSPS) is 10.4. The van der Waals surface area contributed by atoms with E-state index in [2.05, 4.69) is 10.5 Å². The summed E-state index contributed by atoms with van der Waals surface area (Å²) in [4.78, 5) is 10.4. The second-order valence-electron chi connectivity index (χ2n) is 3.92. The van der Waals surface area contributed by atoms with Crippen molar-refractivity contribution in [2.24, 2.45) is 5.10 Å². The molecule has 2 aromatic rings. The van der Waals surface area contributed by atoms with E-state index in [4.69, 9.17) is 4.74 Å². The number of anilines is 1. The van der Waals surface area contributed by atoms with Crippen LogP contribution in [-0.4, -0.2) is 18.2 Å². The maximum absolute atomic E-state index is 10.9. The fourth-order valence-electron chi connectivity index (χ4n) is 1.62. The largest absolute Gasteiger partial charge is 0.490 e. The zero-order valence-electron chi connectivity index (χ0n) is 10.8. The predicted molar refractivity (Wildman–Crippen MR) is 77.3 cm³/mol. The molecule has 0 saturated carbocycles. The molecule has 0 aromatic heterocycles. The molecular weight excluding hydrogens is 258 g/mol. The van der Waals surface area contributed by atoms with Crippen LogP contribution in [-0.2, 0) is 0 Å². The van der Waals surface area contributed by atoms with Gasteiger partial charge in [0.15, 0.2) is 5.75 Å². The maximum Gasteiger partial charge on any atom is 0.311 e. The lowest BCUT2D eigenvalue weighted by Gasteiger charge is -2.02. The molecule has 20 heavy (non-hydrogen) atoms. The second-order valence-corrected chi connectivity index (χ2v) is 3.92. The maximum atomic E-state index is 10.9. The molecule has 0 aliphatic heterocycles. The Labute approximate surface area is 115 Å². The van der Waals surface area contributed by atoms with Crippen molar-refractivity contribution in [3.05, 3.63) is 64.2 Å². The van der Waals surface area contributed by atoms with Crippen molar-refractivity contribution < 1.29 is 9.66 Å². The van der Waals surface area contributed by atoms with Crippen molar-refractivity contribution in [2.75, 3.05) is 12.5 Å². The Balaban J connectivity index is 2.13. The third-order valence-electron chi connectivity index (χ3n) is 2.58. The highest BCUT2D eigenvalue weighted by Gasteiger charge is 2.14. The zero-order chi connectivity index (χ0) is 14.4. The fourth-order valence-corrected chi connectivity index (χ4v) is 1.62. The van der Waals surface area contributed by atoms with E-state index in [0.717, 1.165) is 5.69 Å². The van der Waals surface area contributed by atoms with Crippen molar-refractivity contribution in [1.82, 2.24) is 0 Å². The van der Waals surface area contributed by atoms with E-state index >= 15 is 0 Å². The van der Waals surface area contributed by atoms with E-state index in [1.54, 1.807) is 12.1 Å². The Morgan fingerprint density at radius 3 is 2.65 bits per heavy atom. The molecule has 2 rings (SSSR count). The quantitative estimate of drug-likeness (QED) is 0.515. The van der Waals surface area contributed by atoms with Gasteiger partial charge in [-0.25, -0.2) is 0 Å². The van der Waals surface area contributed by atoms with Gasteiger partial charge in [0.2, 0.25) is 0 Å².